The maximum Gasteiger partial charge on any atom is 0.226 e. The van der Waals surface area contributed by atoms with Crippen LogP contribution in [-0.4, -0.2) is 27.7 Å². The summed E-state index contributed by atoms with van der Waals surface area (Å²) in [4.78, 5) is 17.7. The van der Waals surface area contributed by atoms with E-state index in [9.17, 15) is 4.79 Å². The number of ketones is 1. The molecule has 5 rings (SSSR count). The number of fused-ring (bicyclic) bond motifs is 1. The van der Waals surface area contributed by atoms with Crippen LogP contribution in [0.3, 0.4) is 0 Å². The van der Waals surface area contributed by atoms with Gasteiger partial charge in [0, 0.05) is 17.7 Å². The lowest BCUT2D eigenvalue weighted by Crippen LogP contribution is -2.36. The lowest BCUT2D eigenvalue weighted by atomic mass is 9.73. The van der Waals surface area contributed by atoms with Crippen molar-refractivity contribution in [2.45, 2.75) is 39.3 Å². The molecular weight excluding hydrogens is 555 g/mol. The molecule has 3 aromatic rings. The molecular formula is C25H23BrCl2N4O3. The van der Waals surface area contributed by atoms with Gasteiger partial charge in [0.2, 0.25) is 5.95 Å². The molecule has 0 fully saturated rings. The van der Waals surface area contributed by atoms with Gasteiger partial charge >= 0.3 is 0 Å². The van der Waals surface area contributed by atoms with Crippen molar-refractivity contribution in [3.63, 3.8) is 0 Å². The van der Waals surface area contributed by atoms with Crippen LogP contribution in [0, 0.1) is 5.41 Å². The first-order valence-electron chi connectivity index (χ1n) is 11.0. The van der Waals surface area contributed by atoms with E-state index in [1.165, 1.54) is 6.33 Å². The summed E-state index contributed by atoms with van der Waals surface area (Å²) in [7, 11) is 1.58. The minimum atomic E-state index is -0.429. The van der Waals surface area contributed by atoms with Crippen molar-refractivity contribution in [3.05, 3.63) is 73.6 Å². The molecule has 1 aromatic heterocycles. The first-order chi connectivity index (χ1) is 16.7. The maximum absolute atomic E-state index is 13.3. The third-order valence-electron chi connectivity index (χ3n) is 6.21. The molecule has 1 aliphatic carbocycles. The largest absolute Gasteiger partial charge is 0.493 e. The number of aromatic nitrogens is 3. The van der Waals surface area contributed by atoms with Crippen molar-refractivity contribution in [2.75, 3.05) is 12.4 Å². The number of rotatable bonds is 5. The van der Waals surface area contributed by atoms with E-state index in [0.717, 1.165) is 23.2 Å². The third kappa shape index (κ3) is 4.55. The van der Waals surface area contributed by atoms with Gasteiger partial charge in [-0.2, -0.15) is 10.1 Å². The van der Waals surface area contributed by atoms with Gasteiger partial charge < -0.3 is 14.8 Å². The fraction of sp³-hybridized carbons (Fsp3) is 0.320. The van der Waals surface area contributed by atoms with Gasteiger partial charge in [-0.1, -0.05) is 43.1 Å². The summed E-state index contributed by atoms with van der Waals surface area (Å²) in [6.45, 7) is 4.48. The van der Waals surface area contributed by atoms with E-state index in [0.29, 0.717) is 44.0 Å². The fourth-order valence-corrected chi connectivity index (χ4v) is 5.57. The van der Waals surface area contributed by atoms with E-state index >= 15 is 0 Å². The number of hydrogen-bond donors (Lipinski definition) is 1. The monoisotopic (exact) mass is 576 g/mol. The molecule has 2 heterocycles. The quantitative estimate of drug-likeness (QED) is 0.368. The standard InChI is InChI=1S/C25H23BrCl2N4O3/c1-25(2)9-18-21(19(33)10-25)22(32-24(31-18)29-12-30-32)14-7-15(26)23(20(8-14)34-3)35-11-13-4-5-16(27)17(28)6-13/h4-8,12,22H,9-11H2,1-3H3,(H,29,30,31). The second-order valence-corrected chi connectivity index (χ2v) is 11.1. The summed E-state index contributed by atoms with van der Waals surface area (Å²) in [6, 6.07) is 8.75. The number of carbonyl (C=O) groups is 1. The molecule has 0 saturated heterocycles. The second-order valence-electron chi connectivity index (χ2n) is 9.46. The summed E-state index contributed by atoms with van der Waals surface area (Å²) in [5, 5.41) is 8.70. The lowest BCUT2D eigenvalue weighted by molar-refractivity contribution is -0.118. The van der Waals surface area contributed by atoms with Gasteiger partial charge in [0.15, 0.2) is 17.3 Å². The van der Waals surface area contributed by atoms with E-state index in [1.54, 1.807) is 23.9 Å². The van der Waals surface area contributed by atoms with Crippen molar-refractivity contribution in [3.8, 4) is 11.5 Å². The molecule has 7 nitrogen and oxygen atoms in total. The number of anilines is 1. The predicted molar refractivity (Wildman–Crippen MR) is 138 cm³/mol. The highest BCUT2D eigenvalue weighted by Gasteiger charge is 2.41. The molecule has 2 aromatic carbocycles. The molecule has 0 amide bonds. The highest BCUT2D eigenvalue weighted by molar-refractivity contribution is 9.10. The smallest absolute Gasteiger partial charge is 0.226 e. The van der Waals surface area contributed by atoms with Crippen LogP contribution in [0.2, 0.25) is 10.0 Å². The zero-order chi connectivity index (χ0) is 24.9. The number of allylic oxidation sites excluding steroid dienone is 2. The summed E-state index contributed by atoms with van der Waals surface area (Å²) in [6.07, 6.45) is 2.71. The van der Waals surface area contributed by atoms with Crippen molar-refractivity contribution >= 4 is 50.9 Å². The Morgan fingerprint density at radius 1 is 1.20 bits per heavy atom. The number of nitrogens with one attached hydrogen (secondary N) is 1. The zero-order valence-corrected chi connectivity index (χ0v) is 22.5. The van der Waals surface area contributed by atoms with Gasteiger partial charge in [0.25, 0.3) is 0 Å². The van der Waals surface area contributed by atoms with E-state index in [4.69, 9.17) is 32.7 Å². The van der Waals surface area contributed by atoms with Gasteiger partial charge in [0.05, 0.1) is 21.6 Å². The van der Waals surface area contributed by atoms with E-state index in [1.807, 2.05) is 18.2 Å². The lowest BCUT2D eigenvalue weighted by Gasteiger charge is -2.38. The Labute approximate surface area is 221 Å². The molecule has 0 saturated carbocycles. The van der Waals surface area contributed by atoms with Crippen LogP contribution < -0.4 is 14.8 Å². The normalized spacial score (nSPS) is 18.6. The number of Topliss-reactive ketones (excluding diaryl/α,β-unsaturated/α-hetero) is 1. The second kappa shape index (κ2) is 9.15. The number of carbonyl (C=O) groups excluding carboxylic acids is 1. The van der Waals surface area contributed by atoms with Crippen molar-refractivity contribution in [1.29, 1.82) is 0 Å². The molecule has 10 heteroatoms. The van der Waals surface area contributed by atoms with Gasteiger partial charge in [-0.25, -0.2) is 4.68 Å². The topological polar surface area (TPSA) is 78.3 Å². The predicted octanol–water partition coefficient (Wildman–Crippen LogP) is 6.59. The number of hydrogen-bond acceptors (Lipinski definition) is 6. The van der Waals surface area contributed by atoms with Crippen molar-refractivity contribution in [1.82, 2.24) is 14.8 Å². The molecule has 2 aliphatic rings. The molecule has 0 spiro atoms. The first-order valence-corrected chi connectivity index (χ1v) is 12.6. The van der Waals surface area contributed by atoms with Crippen LogP contribution in [-0.2, 0) is 11.4 Å². The van der Waals surface area contributed by atoms with Crippen LogP contribution in [0.25, 0.3) is 0 Å². The maximum atomic E-state index is 13.3. The van der Waals surface area contributed by atoms with E-state index in [2.05, 4.69) is 45.2 Å². The molecule has 1 unspecified atom stereocenters. The van der Waals surface area contributed by atoms with Crippen LogP contribution >= 0.6 is 39.1 Å². The Bertz CT molecular complexity index is 1370. The van der Waals surface area contributed by atoms with E-state index < -0.39 is 6.04 Å². The summed E-state index contributed by atoms with van der Waals surface area (Å²) in [5.74, 6) is 1.78. The SMILES string of the molecule is COc1cc(C2C3=C(CC(C)(C)CC3=O)Nc3ncnn32)cc(Br)c1OCc1ccc(Cl)c(Cl)c1. The number of benzene rings is 2. The fourth-order valence-electron chi connectivity index (χ4n) is 4.68. The van der Waals surface area contributed by atoms with Gasteiger partial charge in [-0.3, -0.25) is 4.79 Å². The van der Waals surface area contributed by atoms with Gasteiger partial charge in [-0.15, -0.1) is 0 Å². The van der Waals surface area contributed by atoms with E-state index in [-0.39, 0.29) is 17.8 Å². The van der Waals surface area contributed by atoms with Gasteiger partial charge in [-0.05, 0) is 63.2 Å². The van der Waals surface area contributed by atoms with Crippen LogP contribution in [0.5, 0.6) is 11.5 Å². The van der Waals surface area contributed by atoms with Crippen LogP contribution in [0.15, 0.2) is 52.4 Å². The Balaban J connectivity index is 1.53. The molecule has 0 bridgehead atoms. The molecule has 1 aliphatic heterocycles. The highest BCUT2D eigenvalue weighted by atomic mass is 79.9. The van der Waals surface area contributed by atoms with Crippen molar-refractivity contribution in [2.24, 2.45) is 5.41 Å². The van der Waals surface area contributed by atoms with Crippen molar-refractivity contribution < 1.29 is 14.3 Å². The highest BCUT2D eigenvalue weighted by Crippen LogP contribution is 2.47. The number of nitrogens with zero attached hydrogens (tertiary/aromatic N) is 3. The summed E-state index contributed by atoms with van der Waals surface area (Å²) >= 11 is 15.8. The molecule has 0 radical (unpaired) electrons. The summed E-state index contributed by atoms with van der Waals surface area (Å²) < 4.78 is 14.2. The van der Waals surface area contributed by atoms with Crippen LogP contribution in [0.4, 0.5) is 5.95 Å². The average molecular weight is 578 g/mol. The number of ether oxygens (including phenoxy) is 2. The Kier molecular flexibility index (Phi) is 6.32. The van der Waals surface area contributed by atoms with Crippen LogP contribution in [0.1, 0.15) is 43.9 Å². The minimum absolute atomic E-state index is 0.102. The Morgan fingerprint density at radius 2 is 2.00 bits per heavy atom. The number of methoxy groups -OCH3 is 1. The molecule has 35 heavy (non-hydrogen) atoms. The Hall–Kier alpha value is -2.55. The minimum Gasteiger partial charge on any atom is -0.493 e. The molecule has 1 N–H and O–H groups in total. The average Bonchev–Trinajstić information content (AvgIpc) is 3.26. The summed E-state index contributed by atoms with van der Waals surface area (Å²) in [5.41, 5.74) is 3.18. The molecule has 182 valence electrons. The van der Waals surface area contributed by atoms with Gasteiger partial charge in [0.1, 0.15) is 19.0 Å². The first kappa shape index (κ1) is 24.2. The number of halogens is 3. The third-order valence-corrected chi connectivity index (χ3v) is 7.54. The zero-order valence-electron chi connectivity index (χ0n) is 19.4. The Morgan fingerprint density at radius 3 is 2.74 bits per heavy atom. The molecule has 1 atom stereocenters.